The van der Waals surface area contributed by atoms with Crippen molar-refractivity contribution in [3.63, 3.8) is 0 Å². The van der Waals surface area contributed by atoms with Crippen LogP contribution < -0.4 is 0 Å². The van der Waals surface area contributed by atoms with Gasteiger partial charge in [-0.2, -0.15) is 0 Å². The lowest BCUT2D eigenvalue weighted by Crippen LogP contribution is -2.27. The molecule has 12 heavy (non-hydrogen) atoms. The van der Waals surface area contributed by atoms with Crippen LogP contribution in [0.2, 0.25) is 0 Å². The van der Waals surface area contributed by atoms with Crippen molar-refractivity contribution in [3.05, 3.63) is 10.9 Å². The summed E-state index contributed by atoms with van der Waals surface area (Å²) >= 11 is 0. The second-order valence-electron chi connectivity index (χ2n) is 3.00. The molecule has 0 spiro atoms. The fourth-order valence-electron chi connectivity index (χ4n) is 1.54. The van der Waals surface area contributed by atoms with Gasteiger partial charge in [0.2, 0.25) is 0 Å². The highest BCUT2D eigenvalue weighted by Crippen LogP contribution is 2.25. The van der Waals surface area contributed by atoms with Crippen molar-refractivity contribution in [2.75, 3.05) is 0 Å². The fourth-order valence-corrected chi connectivity index (χ4v) is 1.54. The monoisotopic (exact) mass is 170 g/mol. The first-order valence-electron chi connectivity index (χ1n) is 4.07. The van der Waals surface area contributed by atoms with E-state index in [1.165, 1.54) is 0 Å². The van der Waals surface area contributed by atoms with E-state index in [4.69, 9.17) is 20.1 Å². The van der Waals surface area contributed by atoms with E-state index in [9.17, 15) is 0 Å². The van der Waals surface area contributed by atoms with Crippen LogP contribution in [-0.2, 0) is 0 Å². The summed E-state index contributed by atoms with van der Waals surface area (Å²) in [5.41, 5.74) is 0.743. The standard InChI is InChI=1S/C6H12B2O4/c9-7(10)5-3-1-2-4-6(5)8(11)12/h9-12H,1-4H2. The molecule has 0 heterocycles. The van der Waals surface area contributed by atoms with E-state index < -0.39 is 14.2 Å². The van der Waals surface area contributed by atoms with E-state index in [-0.39, 0.29) is 0 Å². The molecular weight excluding hydrogens is 158 g/mol. The zero-order valence-electron chi connectivity index (χ0n) is 6.77. The maximum absolute atomic E-state index is 8.87. The summed E-state index contributed by atoms with van der Waals surface area (Å²) in [7, 11) is -3.08. The quantitative estimate of drug-likeness (QED) is 0.395. The molecule has 0 fully saturated rings. The lowest BCUT2D eigenvalue weighted by Gasteiger charge is -2.19. The Morgan fingerprint density at radius 2 is 1.08 bits per heavy atom. The summed E-state index contributed by atoms with van der Waals surface area (Å²) in [6.45, 7) is 0. The molecule has 6 heteroatoms. The van der Waals surface area contributed by atoms with E-state index >= 15 is 0 Å². The van der Waals surface area contributed by atoms with Gasteiger partial charge in [0.1, 0.15) is 0 Å². The number of allylic oxidation sites excluding steroid dienone is 2. The molecule has 0 bridgehead atoms. The molecule has 1 rings (SSSR count). The Balaban J connectivity index is 2.83. The molecule has 4 N–H and O–H groups in total. The predicted octanol–water partition coefficient (Wildman–Crippen LogP) is -1.12. The zero-order valence-corrected chi connectivity index (χ0v) is 6.77. The summed E-state index contributed by atoms with van der Waals surface area (Å²) in [6.07, 6.45) is 2.85. The van der Waals surface area contributed by atoms with Gasteiger partial charge in [-0.1, -0.05) is 0 Å². The van der Waals surface area contributed by atoms with E-state index in [1.807, 2.05) is 0 Å². The van der Waals surface area contributed by atoms with Crippen molar-refractivity contribution in [2.45, 2.75) is 25.7 Å². The highest BCUT2D eigenvalue weighted by Gasteiger charge is 2.28. The summed E-state index contributed by atoms with van der Waals surface area (Å²) in [4.78, 5) is 0. The van der Waals surface area contributed by atoms with Gasteiger partial charge in [-0.25, -0.2) is 0 Å². The normalized spacial score (nSPS) is 18.0. The Morgan fingerprint density at radius 3 is 1.33 bits per heavy atom. The van der Waals surface area contributed by atoms with Crippen molar-refractivity contribution in [1.82, 2.24) is 0 Å². The Labute approximate surface area is 71.8 Å². The number of hydrogen-bond donors (Lipinski definition) is 4. The maximum Gasteiger partial charge on any atom is 0.483 e. The molecule has 0 aromatic carbocycles. The van der Waals surface area contributed by atoms with Gasteiger partial charge in [-0.15, -0.1) is 0 Å². The van der Waals surface area contributed by atoms with Gasteiger partial charge in [0.25, 0.3) is 0 Å². The van der Waals surface area contributed by atoms with Gasteiger partial charge in [0.05, 0.1) is 0 Å². The van der Waals surface area contributed by atoms with Crippen molar-refractivity contribution < 1.29 is 20.1 Å². The molecule has 0 aromatic heterocycles. The first-order valence-corrected chi connectivity index (χ1v) is 4.07. The summed E-state index contributed by atoms with van der Waals surface area (Å²) in [5, 5.41) is 35.5. The Kier molecular flexibility index (Phi) is 3.34. The van der Waals surface area contributed by atoms with Crippen molar-refractivity contribution in [3.8, 4) is 0 Å². The first-order chi connectivity index (χ1) is 5.63. The molecule has 0 amide bonds. The Bertz CT molecular complexity index is 170. The highest BCUT2D eigenvalue weighted by atomic mass is 16.4. The van der Waals surface area contributed by atoms with Crippen LogP contribution in [0.1, 0.15) is 25.7 Å². The van der Waals surface area contributed by atoms with Crippen LogP contribution in [0.15, 0.2) is 10.9 Å². The molecule has 66 valence electrons. The largest absolute Gasteiger partial charge is 0.483 e. The van der Waals surface area contributed by atoms with Gasteiger partial charge in [0.15, 0.2) is 0 Å². The predicted molar refractivity (Wildman–Crippen MR) is 45.9 cm³/mol. The SMILES string of the molecule is OB(O)C1=C(B(O)O)CCCC1. The van der Waals surface area contributed by atoms with Crippen LogP contribution >= 0.6 is 0 Å². The minimum atomic E-state index is -1.54. The topological polar surface area (TPSA) is 80.9 Å². The second kappa shape index (κ2) is 4.09. The molecule has 0 saturated heterocycles. The van der Waals surface area contributed by atoms with Crippen LogP contribution in [0.3, 0.4) is 0 Å². The zero-order chi connectivity index (χ0) is 9.14. The molecule has 0 unspecified atom stereocenters. The lowest BCUT2D eigenvalue weighted by atomic mass is 9.60. The van der Waals surface area contributed by atoms with Crippen LogP contribution in [0, 0.1) is 0 Å². The van der Waals surface area contributed by atoms with E-state index in [0.29, 0.717) is 23.8 Å². The number of hydrogen-bond acceptors (Lipinski definition) is 4. The molecular formula is C6H12B2O4. The molecule has 0 radical (unpaired) electrons. The van der Waals surface area contributed by atoms with Gasteiger partial charge >= 0.3 is 14.2 Å². The maximum atomic E-state index is 8.87. The van der Waals surface area contributed by atoms with Gasteiger partial charge in [-0.05, 0) is 36.6 Å². The van der Waals surface area contributed by atoms with Gasteiger partial charge in [0, 0.05) is 0 Å². The number of rotatable bonds is 2. The molecule has 0 aliphatic heterocycles. The summed E-state index contributed by atoms with van der Waals surface area (Å²) in [6, 6.07) is 0. The minimum absolute atomic E-state index is 0.372. The fraction of sp³-hybridized carbons (Fsp3) is 0.667. The van der Waals surface area contributed by atoms with Crippen LogP contribution in [-0.4, -0.2) is 34.3 Å². The van der Waals surface area contributed by atoms with E-state index in [2.05, 4.69) is 0 Å². The average Bonchev–Trinajstić information content (AvgIpc) is 2.04. The lowest BCUT2D eigenvalue weighted by molar-refractivity contribution is 0.400. The summed E-state index contributed by atoms with van der Waals surface area (Å²) < 4.78 is 0. The first kappa shape index (κ1) is 9.80. The van der Waals surface area contributed by atoms with Crippen LogP contribution in [0.4, 0.5) is 0 Å². The molecule has 0 aromatic rings. The summed E-state index contributed by atoms with van der Waals surface area (Å²) in [5.74, 6) is 0. The van der Waals surface area contributed by atoms with Gasteiger partial charge in [-0.3, -0.25) is 0 Å². The molecule has 0 saturated carbocycles. The van der Waals surface area contributed by atoms with E-state index in [1.54, 1.807) is 0 Å². The van der Waals surface area contributed by atoms with Crippen molar-refractivity contribution >= 4 is 14.2 Å². The molecule has 0 atom stereocenters. The van der Waals surface area contributed by atoms with E-state index in [0.717, 1.165) is 12.8 Å². The molecule has 4 nitrogen and oxygen atoms in total. The van der Waals surface area contributed by atoms with Crippen LogP contribution in [0.25, 0.3) is 0 Å². The third-order valence-electron chi connectivity index (χ3n) is 2.18. The highest BCUT2D eigenvalue weighted by molar-refractivity contribution is 6.58. The third-order valence-corrected chi connectivity index (χ3v) is 2.18. The average molecular weight is 170 g/mol. The van der Waals surface area contributed by atoms with Crippen molar-refractivity contribution in [1.29, 1.82) is 0 Å². The third kappa shape index (κ3) is 2.10. The molecule has 1 aliphatic rings. The Morgan fingerprint density at radius 1 is 0.750 bits per heavy atom. The van der Waals surface area contributed by atoms with Gasteiger partial charge < -0.3 is 20.1 Å². The van der Waals surface area contributed by atoms with Crippen LogP contribution in [0.5, 0.6) is 0 Å². The Hall–Kier alpha value is -0.290. The second-order valence-corrected chi connectivity index (χ2v) is 3.00. The van der Waals surface area contributed by atoms with Crippen molar-refractivity contribution in [2.24, 2.45) is 0 Å². The minimum Gasteiger partial charge on any atom is -0.423 e. The molecule has 1 aliphatic carbocycles. The smallest absolute Gasteiger partial charge is 0.423 e.